The quantitative estimate of drug-likeness (QED) is 0.157. The van der Waals surface area contributed by atoms with Crippen molar-refractivity contribution in [2.24, 2.45) is 4.99 Å². The van der Waals surface area contributed by atoms with Crippen LogP contribution in [0.1, 0.15) is 25.8 Å². The van der Waals surface area contributed by atoms with E-state index in [1.807, 2.05) is 50.2 Å². The maximum absolute atomic E-state index is 5.86. The van der Waals surface area contributed by atoms with Crippen LogP contribution in [0.25, 0.3) is 0 Å². The minimum atomic E-state index is 0. The Morgan fingerprint density at radius 3 is 2.50 bits per heavy atom. The molecule has 9 heteroatoms. The van der Waals surface area contributed by atoms with E-state index in [2.05, 4.69) is 20.6 Å². The molecule has 0 unspecified atom stereocenters. The number of hydrogen-bond donors (Lipinski definition) is 2. The predicted molar refractivity (Wildman–Crippen MR) is 137 cm³/mol. The Labute approximate surface area is 208 Å². The SMILES string of the molecule is CCNC(=NCc1ccnc(Oc2ccc(OCC)cc2)c1)NCCCOCCOC.I. The van der Waals surface area contributed by atoms with Crippen molar-refractivity contribution in [1.82, 2.24) is 15.6 Å². The first-order valence-corrected chi connectivity index (χ1v) is 10.7. The van der Waals surface area contributed by atoms with Crippen LogP contribution < -0.4 is 20.1 Å². The monoisotopic (exact) mass is 558 g/mol. The number of benzene rings is 1. The Kier molecular flexibility index (Phi) is 15.2. The normalized spacial score (nSPS) is 10.9. The lowest BCUT2D eigenvalue weighted by molar-refractivity contribution is 0.0698. The number of nitrogens with zero attached hydrogens (tertiary/aromatic N) is 2. The van der Waals surface area contributed by atoms with Crippen molar-refractivity contribution < 1.29 is 18.9 Å². The van der Waals surface area contributed by atoms with Crippen molar-refractivity contribution >= 4 is 29.9 Å². The van der Waals surface area contributed by atoms with Gasteiger partial charge in [-0.25, -0.2) is 9.98 Å². The summed E-state index contributed by atoms with van der Waals surface area (Å²) >= 11 is 0. The third-order valence-electron chi connectivity index (χ3n) is 4.11. The molecule has 0 fully saturated rings. The molecule has 0 radical (unpaired) electrons. The van der Waals surface area contributed by atoms with Crippen molar-refractivity contribution in [3.8, 4) is 17.4 Å². The van der Waals surface area contributed by atoms with Crippen molar-refractivity contribution in [2.75, 3.05) is 46.6 Å². The lowest BCUT2D eigenvalue weighted by Crippen LogP contribution is -2.38. The van der Waals surface area contributed by atoms with E-state index in [-0.39, 0.29) is 24.0 Å². The summed E-state index contributed by atoms with van der Waals surface area (Å²) in [6, 6.07) is 11.3. The van der Waals surface area contributed by atoms with Crippen molar-refractivity contribution in [2.45, 2.75) is 26.8 Å². The van der Waals surface area contributed by atoms with Crippen molar-refractivity contribution in [3.05, 3.63) is 48.2 Å². The van der Waals surface area contributed by atoms with E-state index in [1.54, 1.807) is 13.3 Å². The van der Waals surface area contributed by atoms with Gasteiger partial charge >= 0.3 is 0 Å². The minimum Gasteiger partial charge on any atom is -0.494 e. The first-order valence-electron chi connectivity index (χ1n) is 10.7. The zero-order valence-electron chi connectivity index (χ0n) is 19.1. The zero-order valence-corrected chi connectivity index (χ0v) is 21.5. The fourth-order valence-corrected chi connectivity index (χ4v) is 2.63. The number of guanidine groups is 1. The van der Waals surface area contributed by atoms with Gasteiger partial charge in [-0.05, 0) is 56.2 Å². The molecule has 0 saturated carbocycles. The second kappa shape index (κ2) is 17.4. The largest absolute Gasteiger partial charge is 0.494 e. The molecule has 0 saturated heterocycles. The highest BCUT2D eigenvalue weighted by Crippen LogP contribution is 2.23. The van der Waals surface area contributed by atoms with Gasteiger partial charge in [0.25, 0.3) is 0 Å². The van der Waals surface area contributed by atoms with E-state index in [0.717, 1.165) is 36.8 Å². The third kappa shape index (κ3) is 11.5. The summed E-state index contributed by atoms with van der Waals surface area (Å²) in [6.45, 7) is 8.64. The first kappa shape index (κ1) is 27.9. The number of pyridine rings is 1. The summed E-state index contributed by atoms with van der Waals surface area (Å²) in [5, 5.41) is 6.57. The van der Waals surface area contributed by atoms with Crippen molar-refractivity contribution in [3.63, 3.8) is 0 Å². The number of halogens is 1. The van der Waals surface area contributed by atoms with Crippen LogP contribution in [0, 0.1) is 0 Å². The van der Waals surface area contributed by atoms with E-state index >= 15 is 0 Å². The zero-order chi connectivity index (χ0) is 22.2. The van der Waals surface area contributed by atoms with Gasteiger partial charge in [-0.1, -0.05) is 0 Å². The number of rotatable bonds is 14. The van der Waals surface area contributed by atoms with E-state index in [0.29, 0.717) is 44.6 Å². The Hall–Kier alpha value is -2.11. The maximum Gasteiger partial charge on any atom is 0.219 e. The maximum atomic E-state index is 5.86. The molecule has 0 aliphatic carbocycles. The predicted octanol–water partition coefficient (Wildman–Crippen LogP) is 4.00. The molecular weight excluding hydrogens is 523 g/mol. The average Bonchev–Trinajstić information content (AvgIpc) is 2.78. The number of methoxy groups -OCH3 is 1. The number of aliphatic imine (C=N–C) groups is 1. The van der Waals surface area contributed by atoms with Crippen molar-refractivity contribution in [1.29, 1.82) is 0 Å². The number of ether oxygens (including phenoxy) is 4. The number of nitrogens with one attached hydrogen (secondary N) is 2. The summed E-state index contributed by atoms with van der Waals surface area (Å²) < 4.78 is 21.7. The Balaban J connectivity index is 0.00000512. The van der Waals surface area contributed by atoms with Crippen LogP contribution in [-0.2, 0) is 16.0 Å². The van der Waals surface area contributed by atoms with Gasteiger partial charge in [-0.15, -0.1) is 24.0 Å². The molecule has 0 aliphatic heterocycles. The topological polar surface area (TPSA) is 86.2 Å². The standard InChI is InChI=1S/C23H34N4O4.HI/c1-4-24-23(26-12-6-14-29-16-15-28-3)27-18-19-11-13-25-22(17-19)31-21-9-7-20(8-10-21)30-5-2;/h7-11,13,17H,4-6,12,14-16,18H2,1-3H3,(H2,24,26,27);1H. The molecular formula is C23H35IN4O4. The summed E-state index contributed by atoms with van der Waals surface area (Å²) in [5.41, 5.74) is 1.01. The molecule has 1 aromatic heterocycles. The fraction of sp³-hybridized carbons (Fsp3) is 0.478. The second-order valence-corrected chi connectivity index (χ2v) is 6.59. The highest BCUT2D eigenvalue weighted by atomic mass is 127. The van der Waals surface area contributed by atoms with Gasteiger partial charge in [-0.2, -0.15) is 0 Å². The number of hydrogen-bond acceptors (Lipinski definition) is 6. The Morgan fingerprint density at radius 2 is 1.78 bits per heavy atom. The Morgan fingerprint density at radius 1 is 1.00 bits per heavy atom. The second-order valence-electron chi connectivity index (χ2n) is 6.59. The van der Waals surface area contributed by atoms with Gasteiger partial charge in [0.15, 0.2) is 5.96 Å². The molecule has 8 nitrogen and oxygen atoms in total. The van der Waals surface area contributed by atoms with E-state index in [4.69, 9.17) is 18.9 Å². The van der Waals surface area contributed by atoms with Crippen LogP contribution in [-0.4, -0.2) is 57.6 Å². The fourth-order valence-electron chi connectivity index (χ4n) is 2.63. The summed E-state index contributed by atoms with van der Waals surface area (Å²) in [4.78, 5) is 8.94. The molecule has 1 aromatic carbocycles. The lowest BCUT2D eigenvalue weighted by Gasteiger charge is -2.12. The van der Waals surface area contributed by atoms with E-state index < -0.39 is 0 Å². The summed E-state index contributed by atoms with van der Waals surface area (Å²) in [5.74, 6) is 2.82. The summed E-state index contributed by atoms with van der Waals surface area (Å²) in [7, 11) is 1.67. The molecule has 1 heterocycles. The van der Waals surface area contributed by atoms with Crippen LogP contribution >= 0.6 is 24.0 Å². The number of aromatic nitrogens is 1. The van der Waals surface area contributed by atoms with Gasteiger partial charge in [0, 0.05) is 39.1 Å². The first-order chi connectivity index (χ1) is 15.2. The average molecular weight is 558 g/mol. The molecule has 2 aromatic rings. The van der Waals surface area contributed by atoms with Gasteiger partial charge in [0.2, 0.25) is 5.88 Å². The molecule has 0 amide bonds. The molecule has 2 rings (SSSR count). The summed E-state index contributed by atoms with van der Waals surface area (Å²) in [6.07, 6.45) is 2.62. The molecule has 0 aliphatic rings. The smallest absolute Gasteiger partial charge is 0.219 e. The molecule has 0 bridgehead atoms. The van der Waals surface area contributed by atoms with E-state index in [9.17, 15) is 0 Å². The van der Waals surface area contributed by atoms with Crippen LogP contribution in [0.5, 0.6) is 17.4 Å². The van der Waals surface area contributed by atoms with Crippen LogP contribution in [0.15, 0.2) is 47.6 Å². The van der Waals surface area contributed by atoms with Gasteiger partial charge in [-0.3, -0.25) is 0 Å². The van der Waals surface area contributed by atoms with Gasteiger partial charge < -0.3 is 29.6 Å². The third-order valence-corrected chi connectivity index (χ3v) is 4.11. The molecule has 0 spiro atoms. The van der Waals surface area contributed by atoms with E-state index in [1.165, 1.54) is 0 Å². The molecule has 32 heavy (non-hydrogen) atoms. The molecule has 178 valence electrons. The van der Waals surface area contributed by atoms with Crippen LogP contribution in [0.3, 0.4) is 0 Å². The highest BCUT2D eigenvalue weighted by Gasteiger charge is 2.03. The minimum absolute atomic E-state index is 0. The van der Waals surface area contributed by atoms with Gasteiger partial charge in [0.1, 0.15) is 11.5 Å². The van der Waals surface area contributed by atoms with Crippen LogP contribution in [0.2, 0.25) is 0 Å². The Bertz CT molecular complexity index is 775. The lowest BCUT2D eigenvalue weighted by atomic mass is 10.2. The molecule has 0 atom stereocenters. The van der Waals surface area contributed by atoms with Crippen LogP contribution in [0.4, 0.5) is 0 Å². The molecule has 2 N–H and O–H groups in total. The highest BCUT2D eigenvalue weighted by molar-refractivity contribution is 14.0. The van der Waals surface area contributed by atoms with Gasteiger partial charge in [0.05, 0.1) is 26.4 Å².